The van der Waals surface area contributed by atoms with E-state index >= 15 is 0 Å². The molecule has 3 nitrogen and oxygen atoms in total. The minimum atomic E-state index is -0.723. The summed E-state index contributed by atoms with van der Waals surface area (Å²) in [6.45, 7) is 3.00. The van der Waals surface area contributed by atoms with E-state index in [0.717, 1.165) is 6.42 Å². The van der Waals surface area contributed by atoms with Crippen molar-refractivity contribution in [3.8, 4) is 0 Å². The van der Waals surface area contributed by atoms with Crippen molar-refractivity contribution in [3.05, 3.63) is 12.2 Å². The van der Waals surface area contributed by atoms with Gasteiger partial charge in [-0.3, -0.25) is 0 Å². The lowest BCUT2D eigenvalue weighted by Crippen LogP contribution is -2.19. The topological polar surface area (TPSA) is 49.7 Å². The van der Waals surface area contributed by atoms with Crippen molar-refractivity contribution in [2.45, 2.75) is 103 Å². The first kappa shape index (κ1) is 23.6. The third-order valence-electron chi connectivity index (χ3n) is 4.32. The van der Waals surface area contributed by atoms with E-state index in [0.29, 0.717) is 6.61 Å². The van der Waals surface area contributed by atoms with Crippen LogP contribution in [0.5, 0.6) is 0 Å². The molecule has 3 heteroatoms. The predicted octanol–water partition coefficient (Wildman–Crippen LogP) is 5.39. The molecule has 0 spiro atoms. The number of unbranched alkanes of at least 4 members (excludes halogenated alkanes) is 12. The second-order valence-corrected chi connectivity index (χ2v) is 6.85. The van der Waals surface area contributed by atoms with Crippen LogP contribution in [0.1, 0.15) is 96.8 Å². The van der Waals surface area contributed by atoms with Gasteiger partial charge < -0.3 is 14.9 Å². The Hall–Kier alpha value is -0.380. The molecule has 0 aromatic carbocycles. The van der Waals surface area contributed by atoms with Crippen molar-refractivity contribution in [2.24, 2.45) is 0 Å². The molecule has 0 rings (SSSR count). The zero-order chi connectivity index (χ0) is 17.7. The van der Waals surface area contributed by atoms with Gasteiger partial charge in [0.25, 0.3) is 0 Å². The highest BCUT2D eigenvalue weighted by atomic mass is 16.5. The third kappa shape index (κ3) is 19.7. The summed E-state index contributed by atoms with van der Waals surface area (Å²) in [5.74, 6) is 0. The predicted molar refractivity (Wildman–Crippen MR) is 103 cm³/mol. The smallest absolute Gasteiger partial charge is 0.100 e. The standard InChI is InChI=1S/C21H42O3/c1-2-3-4-5-6-7-8-9-10-11-12-13-14-15-16-17-18-24-20-21(23)19-22/h9-10,21-23H,2-8,11-20H2,1H3/b10-9+/t21-/m0/s1. The summed E-state index contributed by atoms with van der Waals surface area (Å²) in [5, 5.41) is 17.8. The SMILES string of the molecule is CCCCCCCC/C=C/CCCCCCCCOC[C@@H](O)CO. The molecule has 0 saturated heterocycles. The maximum absolute atomic E-state index is 9.11. The van der Waals surface area contributed by atoms with Crippen molar-refractivity contribution >= 4 is 0 Å². The van der Waals surface area contributed by atoms with Crippen LogP contribution in [0, 0.1) is 0 Å². The zero-order valence-electron chi connectivity index (χ0n) is 16.1. The highest BCUT2D eigenvalue weighted by Crippen LogP contribution is 2.10. The molecule has 2 N–H and O–H groups in total. The monoisotopic (exact) mass is 342 g/mol. The lowest BCUT2D eigenvalue weighted by molar-refractivity contribution is 0.00526. The average molecular weight is 343 g/mol. The van der Waals surface area contributed by atoms with E-state index in [2.05, 4.69) is 19.1 Å². The van der Waals surface area contributed by atoms with E-state index in [1.165, 1.54) is 83.5 Å². The molecule has 0 bridgehead atoms. The van der Waals surface area contributed by atoms with Gasteiger partial charge in [0.2, 0.25) is 0 Å². The number of aliphatic hydroxyl groups is 2. The summed E-state index contributed by atoms with van der Waals surface area (Å²) >= 11 is 0. The second-order valence-electron chi connectivity index (χ2n) is 6.85. The Labute approximate surface area is 150 Å². The number of aliphatic hydroxyl groups excluding tert-OH is 2. The molecule has 0 aliphatic heterocycles. The zero-order valence-corrected chi connectivity index (χ0v) is 16.1. The number of ether oxygens (including phenoxy) is 1. The summed E-state index contributed by atoms with van der Waals surface area (Å²) in [4.78, 5) is 0. The second kappa shape index (κ2) is 20.7. The average Bonchev–Trinajstić information content (AvgIpc) is 2.60. The Kier molecular flexibility index (Phi) is 20.3. The summed E-state index contributed by atoms with van der Waals surface area (Å²) in [6, 6.07) is 0. The molecule has 0 heterocycles. The van der Waals surface area contributed by atoms with Gasteiger partial charge in [-0.1, -0.05) is 76.9 Å². The van der Waals surface area contributed by atoms with Crippen LogP contribution in [0.15, 0.2) is 12.2 Å². The van der Waals surface area contributed by atoms with E-state index in [-0.39, 0.29) is 13.2 Å². The van der Waals surface area contributed by atoms with Gasteiger partial charge in [-0.05, 0) is 32.1 Å². The number of allylic oxidation sites excluding steroid dienone is 2. The van der Waals surface area contributed by atoms with Gasteiger partial charge in [0.1, 0.15) is 6.10 Å². The van der Waals surface area contributed by atoms with Gasteiger partial charge in [-0.25, -0.2) is 0 Å². The van der Waals surface area contributed by atoms with Crippen molar-refractivity contribution in [1.29, 1.82) is 0 Å². The molecule has 0 saturated carbocycles. The van der Waals surface area contributed by atoms with Crippen molar-refractivity contribution in [3.63, 3.8) is 0 Å². The molecule has 0 amide bonds. The van der Waals surface area contributed by atoms with E-state index in [1.54, 1.807) is 0 Å². The molecular weight excluding hydrogens is 300 g/mol. The summed E-state index contributed by atoms with van der Waals surface area (Å²) in [7, 11) is 0. The third-order valence-corrected chi connectivity index (χ3v) is 4.32. The van der Waals surface area contributed by atoms with Crippen molar-refractivity contribution in [1.82, 2.24) is 0 Å². The van der Waals surface area contributed by atoms with Crippen LogP contribution >= 0.6 is 0 Å². The first-order valence-electron chi connectivity index (χ1n) is 10.3. The Bertz CT molecular complexity index is 253. The van der Waals surface area contributed by atoms with Gasteiger partial charge in [-0.15, -0.1) is 0 Å². The highest BCUT2D eigenvalue weighted by molar-refractivity contribution is 4.81. The fourth-order valence-corrected chi connectivity index (χ4v) is 2.72. The molecule has 24 heavy (non-hydrogen) atoms. The molecule has 0 aliphatic rings. The highest BCUT2D eigenvalue weighted by Gasteiger charge is 2.00. The molecule has 1 atom stereocenters. The minimum Gasteiger partial charge on any atom is -0.394 e. The van der Waals surface area contributed by atoms with Crippen LogP contribution in [-0.2, 0) is 4.74 Å². The minimum absolute atomic E-state index is 0.215. The molecule has 0 unspecified atom stereocenters. The van der Waals surface area contributed by atoms with E-state index in [1.807, 2.05) is 0 Å². The van der Waals surface area contributed by atoms with Gasteiger partial charge in [0.15, 0.2) is 0 Å². The lowest BCUT2D eigenvalue weighted by atomic mass is 10.1. The molecular formula is C21H42O3. The molecule has 0 radical (unpaired) electrons. The fraction of sp³-hybridized carbons (Fsp3) is 0.905. The van der Waals surface area contributed by atoms with Crippen LogP contribution < -0.4 is 0 Å². The maximum Gasteiger partial charge on any atom is 0.100 e. The maximum atomic E-state index is 9.11. The first-order valence-corrected chi connectivity index (χ1v) is 10.3. The molecule has 0 fully saturated rings. The van der Waals surface area contributed by atoms with Crippen LogP contribution in [0.2, 0.25) is 0 Å². The summed E-state index contributed by atoms with van der Waals surface area (Å²) < 4.78 is 5.29. The molecule has 0 aromatic heterocycles. The number of hydrogen-bond donors (Lipinski definition) is 2. The Morgan fingerprint density at radius 2 is 1.25 bits per heavy atom. The van der Waals surface area contributed by atoms with E-state index in [4.69, 9.17) is 14.9 Å². The fourth-order valence-electron chi connectivity index (χ4n) is 2.72. The van der Waals surface area contributed by atoms with Crippen molar-refractivity contribution in [2.75, 3.05) is 19.8 Å². The largest absolute Gasteiger partial charge is 0.394 e. The van der Waals surface area contributed by atoms with Crippen molar-refractivity contribution < 1.29 is 14.9 Å². The number of rotatable bonds is 19. The first-order chi connectivity index (χ1) is 11.8. The Balaban J connectivity index is 3.08. The Morgan fingerprint density at radius 3 is 1.79 bits per heavy atom. The van der Waals surface area contributed by atoms with Gasteiger partial charge >= 0.3 is 0 Å². The lowest BCUT2D eigenvalue weighted by Gasteiger charge is -2.07. The van der Waals surface area contributed by atoms with E-state index < -0.39 is 6.10 Å². The quantitative estimate of drug-likeness (QED) is 0.244. The summed E-state index contributed by atoms with van der Waals surface area (Å²) in [5.41, 5.74) is 0. The summed E-state index contributed by atoms with van der Waals surface area (Å²) in [6.07, 6.45) is 22.3. The van der Waals surface area contributed by atoms with Crippen LogP contribution in [0.3, 0.4) is 0 Å². The Morgan fingerprint density at radius 1 is 0.750 bits per heavy atom. The van der Waals surface area contributed by atoms with Gasteiger partial charge in [-0.2, -0.15) is 0 Å². The molecule has 0 aliphatic carbocycles. The van der Waals surface area contributed by atoms with Gasteiger partial charge in [0, 0.05) is 6.61 Å². The van der Waals surface area contributed by atoms with Crippen LogP contribution in [-0.4, -0.2) is 36.1 Å². The van der Waals surface area contributed by atoms with Crippen LogP contribution in [0.4, 0.5) is 0 Å². The van der Waals surface area contributed by atoms with E-state index in [9.17, 15) is 0 Å². The van der Waals surface area contributed by atoms with Crippen LogP contribution in [0.25, 0.3) is 0 Å². The number of hydrogen-bond acceptors (Lipinski definition) is 3. The molecule has 0 aromatic rings. The molecule has 144 valence electrons. The van der Waals surface area contributed by atoms with Gasteiger partial charge in [0.05, 0.1) is 13.2 Å². The normalized spacial score (nSPS) is 13.0.